The molecule has 2 nitrogen and oxygen atoms in total. The van der Waals surface area contributed by atoms with Crippen LogP contribution in [-0.2, 0) is 0 Å². The summed E-state index contributed by atoms with van der Waals surface area (Å²) in [5.41, 5.74) is 9.19. The third-order valence-corrected chi connectivity index (χ3v) is 4.70. The van der Waals surface area contributed by atoms with E-state index in [1.54, 1.807) is 0 Å². The molecule has 2 heteroatoms. The van der Waals surface area contributed by atoms with Crippen LogP contribution in [0.5, 0.6) is 0 Å². The molecule has 0 radical (unpaired) electrons. The summed E-state index contributed by atoms with van der Waals surface area (Å²) in [4.78, 5) is 0. The molecule has 0 aliphatic heterocycles. The lowest BCUT2D eigenvalue weighted by atomic mass is 9.89. The zero-order valence-electron chi connectivity index (χ0n) is 10.6. The van der Waals surface area contributed by atoms with Crippen molar-refractivity contribution in [1.29, 1.82) is 0 Å². The number of hydrogen-bond donors (Lipinski definition) is 2. The van der Waals surface area contributed by atoms with Crippen molar-refractivity contribution in [1.82, 2.24) is 0 Å². The average Bonchev–Trinajstić information content (AvgIpc) is 2.92. The van der Waals surface area contributed by atoms with E-state index >= 15 is 0 Å². The second-order valence-corrected chi connectivity index (χ2v) is 5.89. The maximum atomic E-state index is 5.83. The van der Waals surface area contributed by atoms with Gasteiger partial charge in [-0.25, -0.2) is 0 Å². The highest BCUT2D eigenvalue weighted by Crippen LogP contribution is 2.48. The maximum absolute atomic E-state index is 5.83. The van der Waals surface area contributed by atoms with Crippen molar-refractivity contribution in [2.75, 3.05) is 17.6 Å². The minimum absolute atomic E-state index is 0.853. The first-order valence-electron chi connectivity index (χ1n) is 6.82. The molecule has 2 aliphatic carbocycles. The molecule has 0 amide bonds. The first-order valence-corrected chi connectivity index (χ1v) is 6.82. The van der Waals surface area contributed by atoms with Crippen LogP contribution in [0.2, 0.25) is 0 Å². The molecule has 0 saturated heterocycles. The zero-order valence-corrected chi connectivity index (χ0v) is 10.6. The first kappa shape index (κ1) is 10.9. The van der Waals surface area contributed by atoms with Gasteiger partial charge in [0.15, 0.2) is 0 Å². The van der Waals surface area contributed by atoms with Crippen molar-refractivity contribution >= 4 is 11.4 Å². The van der Waals surface area contributed by atoms with Gasteiger partial charge in [0, 0.05) is 17.9 Å². The molecule has 0 aromatic heterocycles. The molecule has 3 unspecified atom stereocenters. The average molecular weight is 230 g/mol. The normalized spacial score (nSPS) is 30.8. The first-order chi connectivity index (χ1) is 8.22. The SMILES string of the molecule is Cc1ccc(N)cc1NCC1CC2CCC1C2. The Balaban J connectivity index is 1.62. The van der Waals surface area contributed by atoms with Gasteiger partial charge in [0.2, 0.25) is 0 Å². The molecule has 1 aromatic carbocycles. The van der Waals surface area contributed by atoms with Crippen LogP contribution >= 0.6 is 0 Å². The lowest BCUT2D eigenvalue weighted by Gasteiger charge is -2.23. The summed E-state index contributed by atoms with van der Waals surface area (Å²) >= 11 is 0. The number of rotatable bonds is 3. The highest BCUT2D eigenvalue weighted by Gasteiger charge is 2.38. The van der Waals surface area contributed by atoms with Crippen LogP contribution in [-0.4, -0.2) is 6.54 Å². The topological polar surface area (TPSA) is 38.0 Å². The van der Waals surface area contributed by atoms with Gasteiger partial charge in [0.05, 0.1) is 0 Å². The smallest absolute Gasteiger partial charge is 0.0390 e. The maximum Gasteiger partial charge on any atom is 0.0390 e. The number of nitrogens with one attached hydrogen (secondary N) is 1. The molecule has 1 aromatic rings. The van der Waals surface area contributed by atoms with Crippen LogP contribution in [0.15, 0.2) is 18.2 Å². The molecule has 2 aliphatic rings. The third-order valence-electron chi connectivity index (χ3n) is 4.70. The van der Waals surface area contributed by atoms with Crippen LogP contribution in [0.25, 0.3) is 0 Å². The zero-order chi connectivity index (χ0) is 11.8. The number of fused-ring (bicyclic) bond motifs is 2. The Morgan fingerprint density at radius 3 is 2.88 bits per heavy atom. The van der Waals surface area contributed by atoms with Crippen LogP contribution in [0, 0.1) is 24.7 Å². The molecule has 0 heterocycles. The molecule has 3 atom stereocenters. The molecule has 2 bridgehead atoms. The predicted molar refractivity (Wildman–Crippen MR) is 73.0 cm³/mol. The number of hydrogen-bond acceptors (Lipinski definition) is 2. The fourth-order valence-electron chi connectivity index (χ4n) is 3.70. The Bertz CT molecular complexity index is 413. The minimum atomic E-state index is 0.853. The minimum Gasteiger partial charge on any atom is -0.399 e. The van der Waals surface area contributed by atoms with E-state index in [0.29, 0.717) is 0 Å². The summed E-state index contributed by atoms with van der Waals surface area (Å²) < 4.78 is 0. The number of aryl methyl sites for hydroxylation is 1. The summed E-state index contributed by atoms with van der Waals surface area (Å²) in [7, 11) is 0. The molecular formula is C15H22N2. The molecule has 3 N–H and O–H groups in total. The molecule has 3 rings (SSSR count). The number of nitrogens with two attached hydrogens (primary N) is 1. The van der Waals surface area contributed by atoms with E-state index in [1.165, 1.54) is 36.9 Å². The van der Waals surface area contributed by atoms with Crippen molar-refractivity contribution < 1.29 is 0 Å². The highest BCUT2D eigenvalue weighted by molar-refractivity contribution is 5.59. The Labute approximate surface area is 104 Å². The van der Waals surface area contributed by atoms with Crippen LogP contribution in [0.4, 0.5) is 11.4 Å². The van der Waals surface area contributed by atoms with Gasteiger partial charge in [0.1, 0.15) is 0 Å². The lowest BCUT2D eigenvalue weighted by Crippen LogP contribution is -2.20. The van der Waals surface area contributed by atoms with Gasteiger partial charge in [-0.3, -0.25) is 0 Å². The molecule has 92 valence electrons. The van der Waals surface area contributed by atoms with E-state index in [-0.39, 0.29) is 0 Å². The highest BCUT2D eigenvalue weighted by atomic mass is 14.9. The Morgan fingerprint density at radius 2 is 2.18 bits per heavy atom. The van der Waals surface area contributed by atoms with Gasteiger partial charge in [-0.05, 0) is 61.6 Å². The lowest BCUT2D eigenvalue weighted by molar-refractivity contribution is 0.348. The van der Waals surface area contributed by atoms with Gasteiger partial charge in [-0.1, -0.05) is 12.5 Å². The largest absolute Gasteiger partial charge is 0.399 e. The van der Waals surface area contributed by atoms with E-state index in [0.717, 1.165) is 30.0 Å². The van der Waals surface area contributed by atoms with Crippen LogP contribution in [0.1, 0.15) is 31.2 Å². The summed E-state index contributed by atoms with van der Waals surface area (Å²) in [6, 6.07) is 6.12. The quantitative estimate of drug-likeness (QED) is 0.781. The second-order valence-electron chi connectivity index (χ2n) is 5.89. The van der Waals surface area contributed by atoms with Gasteiger partial charge in [-0.2, -0.15) is 0 Å². The summed E-state index contributed by atoms with van der Waals surface area (Å²) in [6.45, 7) is 3.27. The predicted octanol–water partition coefficient (Wildman–Crippen LogP) is 3.43. The van der Waals surface area contributed by atoms with E-state index < -0.39 is 0 Å². The van der Waals surface area contributed by atoms with Crippen molar-refractivity contribution in [3.05, 3.63) is 23.8 Å². The van der Waals surface area contributed by atoms with Crippen LogP contribution < -0.4 is 11.1 Å². The summed E-state index contributed by atoms with van der Waals surface area (Å²) in [5.74, 6) is 2.93. The summed E-state index contributed by atoms with van der Waals surface area (Å²) in [6.07, 6.45) is 5.88. The number of benzene rings is 1. The van der Waals surface area contributed by atoms with Gasteiger partial charge in [-0.15, -0.1) is 0 Å². The molecule has 2 saturated carbocycles. The fourth-order valence-corrected chi connectivity index (χ4v) is 3.70. The van der Waals surface area contributed by atoms with Crippen molar-refractivity contribution in [3.63, 3.8) is 0 Å². The van der Waals surface area contributed by atoms with E-state index in [1.807, 2.05) is 6.07 Å². The van der Waals surface area contributed by atoms with Crippen LogP contribution in [0.3, 0.4) is 0 Å². The van der Waals surface area contributed by atoms with E-state index in [2.05, 4.69) is 24.4 Å². The number of nitrogen functional groups attached to an aromatic ring is 1. The van der Waals surface area contributed by atoms with Crippen molar-refractivity contribution in [2.24, 2.45) is 17.8 Å². The fraction of sp³-hybridized carbons (Fsp3) is 0.600. The van der Waals surface area contributed by atoms with Gasteiger partial charge in [0.25, 0.3) is 0 Å². The monoisotopic (exact) mass is 230 g/mol. The molecule has 2 fully saturated rings. The Kier molecular flexibility index (Phi) is 2.73. The molecule has 17 heavy (non-hydrogen) atoms. The number of anilines is 2. The Morgan fingerprint density at radius 1 is 1.29 bits per heavy atom. The third kappa shape index (κ3) is 2.13. The van der Waals surface area contributed by atoms with Crippen molar-refractivity contribution in [3.8, 4) is 0 Å². The second kappa shape index (κ2) is 4.25. The van der Waals surface area contributed by atoms with Crippen molar-refractivity contribution in [2.45, 2.75) is 32.6 Å². The molecule has 0 spiro atoms. The van der Waals surface area contributed by atoms with Gasteiger partial charge < -0.3 is 11.1 Å². The van der Waals surface area contributed by atoms with E-state index in [4.69, 9.17) is 5.73 Å². The van der Waals surface area contributed by atoms with E-state index in [9.17, 15) is 0 Å². The molecular weight excluding hydrogens is 208 g/mol. The summed E-state index contributed by atoms with van der Waals surface area (Å²) in [5, 5.41) is 3.60. The van der Waals surface area contributed by atoms with Gasteiger partial charge >= 0.3 is 0 Å². The Hall–Kier alpha value is -1.18. The standard InChI is InChI=1S/C15H22N2/c1-10-2-5-14(16)8-15(10)17-9-13-7-11-3-4-12(13)6-11/h2,5,8,11-13,17H,3-4,6-7,9,16H2,1H3.